The number of hydrogen-bond acceptors (Lipinski definition) is 2. The van der Waals surface area contributed by atoms with E-state index in [2.05, 4.69) is 16.0 Å². The number of amides is 3. The highest BCUT2D eigenvalue weighted by molar-refractivity contribution is 5.93. The Morgan fingerprint density at radius 1 is 1.00 bits per heavy atom. The molecule has 0 aliphatic heterocycles. The molecular formula is C22H28FN3O2. The zero-order valence-electron chi connectivity index (χ0n) is 16.8. The lowest BCUT2D eigenvalue weighted by Gasteiger charge is -2.28. The maximum absolute atomic E-state index is 14.1. The summed E-state index contributed by atoms with van der Waals surface area (Å²) in [5, 5.41) is 8.28. The van der Waals surface area contributed by atoms with Crippen LogP contribution in [0.4, 0.5) is 14.9 Å². The van der Waals surface area contributed by atoms with Gasteiger partial charge in [0.2, 0.25) is 5.91 Å². The van der Waals surface area contributed by atoms with Crippen molar-refractivity contribution in [1.82, 2.24) is 10.6 Å². The molecule has 3 N–H and O–H groups in total. The van der Waals surface area contributed by atoms with E-state index in [0.29, 0.717) is 11.3 Å². The number of para-hydroxylation sites is 1. The number of carbonyl (C=O) groups excluding carboxylic acids is 2. The second kappa shape index (κ2) is 9.35. The molecular weight excluding hydrogens is 357 g/mol. The first-order valence-corrected chi connectivity index (χ1v) is 9.36. The third-order valence-corrected chi connectivity index (χ3v) is 4.57. The van der Waals surface area contributed by atoms with Gasteiger partial charge in [0.1, 0.15) is 11.9 Å². The van der Waals surface area contributed by atoms with Gasteiger partial charge in [0.25, 0.3) is 0 Å². The predicted molar refractivity (Wildman–Crippen MR) is 110 cm³/mol. The zero-order valence-corrected chi connectivity index (χ0v) is 16.8. The van der Waals surface area contributed by atoms with Gasteiger partial charge in [0.05, 0.1) is 0 Å². The Balaban J connectivity index is 1.99. The third-order valence-electron chi connectivity index (χ3n) is 4.57. The first-order chi connectivity index (χ1) is 13.2. The van der Waals surface area contributed by atoms with Crippen molar-refractivity contribution in [3.63, 3.8) is 0 Å². The van der Waals surface area contributed by atoms with Crippen LogP contribution in [0.2, 0.25) is 0 Å². The van der Waals surface area contributed by atoms with Gasteiger partial charge in [-0.15, -0.1) is 0 Å². The van der Waals surface area contributed by atoms with Crippen LogP contribution in [0.25, 0.3) is 0 Å². The van der Waals surface area contributed by atoms with Gasteiger partial charge in [-0.1, -0.05) is 64.1 Å². The normalized spacial score (nSPS) is 12.4. The average molecular weight is 385 g/mol. The summed E-state index contributed by atoms with van der Waals surface area (Å²) in [6, 6.07) is 14.4. The minimum atomic E-state index is -0.708. The molecule has 3 amide bonds. The van der Waals surface area contributed by atoms with E-state index in [0.717, 1.165) is 0 Å². The molecule has 0 fully saturated rings. The van der Waals surface area contributed by atoms with Crippen LogP contribution in [-0.4, -0.2) is 24.5 Å². The summed E-state index contributed by atoms with van der Waals surface area (Å²) in [7, 11) is 0. The molecule has 1 unspecified atom stereocenters. The minimum absolute atomic E-state index is 0.113. The Hall–Kier alpha value is -2.89. The minimum Gasteiger partial charge on any atom is -0.353 e. The summed E-state index contributed by atoms with van der Waals surface area (Å²) >= 11 is 0. The second-order valence-corrected chi connectivity index (χ2v) is 7.77. The number of rotatable bonds is 7. The van der Waals surface area contributed by atoms with Gasteiger partial charge in [-0.3, -0.25) is 4.79 Å². The largest absolute Gasteiger partial charge is 0.353 e. The maximum Gasteiger partial charge on any atom is 0.319 e. The molecule has 0 saturated carbocycles. The predicted octanol–water partition coefficient (Wildman–Crippen LogP) is 4.07. The number of nitrogens with one attached hydrogen (secondary N) is 3. The van der Waals surface area contributed by atoms with E-state index in [1.807, 2.05) is 45.9 Å². The van der Waals surface area contributed by atoms with Gasteiger partial charge in [0.15, 0.2) is 0 Å². The fourth-order valence-electron chi connectivity index (χ4n) is 2.89. The van der Waals surface area contributed by atoms with Gasteiger partial charge >= 0.3 is 6.03 Å². The van der Waals surface area contributed by atoms with Gasteiger partial charge in [-0.2, -0.15) is 0 Å². The molecule has 0 aliphatic rings. The van der Waals surface area contributed by atoms with Crippen LogP contribution < -0.4 is 16.0 Å². The lowest BCUT2D eigenvalue weighted by atomic mass is 9.84. The van der Waals surface area contributed by atoms with E-state index < -0.39 is 17.5 Å². The maximum atomic E-state index is 14.1. The van der Waals surface area contributed by atoms with Crippen molar-refractivity contribution in [3.05, 3.63) is 66.0 Å². The number of benzene rings is 2. The van der Waals surface area contributed by atoms with Gasteiger partial charge in [-0.05, 0) is 29.7 Å². The van der Waals surface area contributed by atoms with E-state index in [1.54, 1.807) is 30.3 Å². The molecule has 0 bridgehead atoms. The number of anilines is 1. The van der Waals surface area contributed by atoms with Gasteiger partial charge < -0.3 is 16.0 Å². The smallest absolute Gasteiger partial charge is 0.319 e. The molecule has 1 atom stereocenters. The number of hydrogen-bond donors (Lipinski definition) is 3. The summed E-state index contributed by atoms with van der Waals surface area (Å²) in [5.41, 5.74) is 0.587. The van der Waals surface area contributed by atoms with Crippen molar-refractivity contribution >= 4 is 17.6 Å². The van der Waals surface area contributed by atoms with Crippen molar-refractivity contribution in [3.8, 4) is 0 Å². The molecule has 2 aromatic rings. The van der Waals surface area contributed by atoms with Gasteiger partial charge in [-0.25, -0.2) is 9.18 Å². The Morgan fingerprint density at radius 2 is 1.61 bits per heavy atom. The lowest BCUT2D eigenvalue weighted by Crippen LogP contribution is -2.52. The van der Waals surface area contributed by atoms with Gasteiger partial charge in [0, 0.05) is 17.6 Å². The molecule has 2 rings (SSSR count). The van der Waals surface area contributed by atoms with E-state index >= 15 is 0 Å². The monoisotopic (exact) mass is 385 g/mol. The highest BCUT2D eigenvalue weighted by Gasteiger charge is 2.28. The standard InChI is InChI=1S/C22H28FN3O2/c1-15(2)19(26-21(28)25-16-10-6-5-7-11-16)20(27)24-14-22(3,4)17-12-8-9-13-18(17)23/h5-13,15,19H,14H2,1-4H3,(H,24,27)(H2,25,26,28). The fraction of sp³-hybridized carbons (Fsp3) is 0.364. The van der Waals surface area contributed by atoms with Crippen LogP contribution >= 0.6 is 0 Å². The molecule has 2 aromatic carbocycles. The number of urea groups is 1. The van der Waals surface area contributed by atoms with Crippen molar-refractivity contribution in [2.24, 2.45) is 5.92 Å². The quantitative estimate of drug-likeness (QED) is 0.672. The Kier molecular flexibility index (Phi) is 7.15. The molecule has 0 heterocycles. The average Bonchev–Trinajstić information content (AvgIpc) is 2.65. The molecule has 0 aromatic heterocycles. The molecule has 5 nitrogen and oxygen atoms in total. The highest BCUT2D eigenvalue weighted by atomic mass is 19.1. The topological polar surface area (TPSA) is 70.2 Å². The Bertz CT molecular complexity index is 806. The van der Waals surface area contributed by atoms with Crippen molar-refractivity contribution in [2.75, 3.05) is 11.9 Å². The van der Waals surface area contributed by atoms with Crippen LogP contribution in [0, 0.1) is 11.7 Å². The molecule has 0 spiro atoms. The summed E-state index contributed by atoms with van der Waals surface area (Å²) in [6.07, 6.45) is 0. The molecule has 6 heteroatoms. The molecule has 150 valence electrons. The van der Waals surface area contributed by atoms with E-state index in [4.69, 9.17) is 0 Å². The summed E-state index contributed by atoms with van der Waals surface area (Å²) in [6.45, 7) is 7.69. The van der Waals surface area contributed by atoms with Crippen LogP contribution in [0.15, 0.2) is 54.6 Å². The first kappa shape index (κ1) is 21.4. The summed E-state index contributed by atoms with van der Waals surface area (Å²) in [4.78, 5) is 24.9. The van der Waals surface area contributed by atoms with E-state index in [9.17, 15) is 14.0 Å². The van der Waals surface area contributed by atoms with Crippen LogP contribution in [0.1, 0.15) is 33.3 Å². The highest BCUT2D eigenvalue weighted by Crippen LogP contribution is 2.24. The Labute approximate surface area is 165 Å². The fourth-order valence-corrected chi connectivity index (χ4v) is 2.89. The second-order valence-electron chi connectivity index (χ2n) is 7.77. The van der Waals surface area contributed by atoms with Crippen molar-refractivity contribution < 1.29 is 14.0 Å². The zero-order chi connectivity index (χ0) is 20.7. The SMILES string of the molecule is CC(C)C(NC(=O)Nc1ccccc1)C(=O)NCC(C)(C)c1ccccc1F. The summed E-state index contributed by atoms with van der Waals surface area (Å²) < 4.78 is 14.1. The lowest BCUT2D eigenvalue weighted by molar-refractivity contribution is -0.124. The van der Waals surface area contributed by atoms with E-state index in [-0.39, 0.29) is 24.2 Å². The van der Waals surface area contributed by atoms with Crippen molar-refractivity contribution in [1.29, 1.82) is 0 Å². The van der Waals surface area contributed by atoms with Crippen molar-refractivity contribution in [2.45, 2.75) is 39.2 Å². The molecule has 0 aliphatic carbocycles. The molecule has 28 heavy (non-hydrogen) atoms. The molecule has 0 radical (unpaired) electrons. The third kappa shape index (κ3) is 5.81. The Morgan fingerprint density at radius 3 is 2.21 bits per heavy atom. The number of halogens is 1. The van der Waals surface area contributed by atoms with Crippen LogP contribution in [0.5, 0.6) is 0 Å². The van der Waals surface area contributed by atoms with Crippen LogP contribution in [0.3, 0.4) is 0 Å². The molecule has 0 saturated heterocycles. The summed E-state index contributed by atoms with van der Waals surface area (Å²) in [5.74, 6) is -0.719. The van der Waals surface area contributed by atoms with Crippen LogP contribution in [-0.2, 0) is 10.2 Å². The number of carbonyl (C=O) groups is 2. The van der Waals surface area contributed by atoms with E-state index in [1.165, 1.54) is 6.07 Å². The first-order valence-electron chi connectivity index (χ1n) is 9.36.